The van der Waals surface area contributed by atoms with Gasteiger partial charge >= 0.3 is 0 Å². The minimum absolute atomic E-state index is 0. The van der Waals surface area contributed by atoms with Crippen LogP contribution in [0.15, 0.2) is 0 Å². The molecule has 120 valence electrons. The van der Waals surface area contributed by atoms with Gasteiger partial charge in [-0.15, -0.1) is 12.4 Å². The van der Waals surface area contributed by atoms with Gasteiger partial charge < -0.3 is 20.5 Å². The predicted molar refractivity (Wildman–Crippen MR) is 82.2 cm³/mol. The smallest absolute Gasteiger partial charge is 0.222 e. The average Bonchev–Trinajstić information content (AvgIpc) is 2.46. The Labute approximate surface area is 128 Å². The quantitative estimate of drug-likeness (QED) is 0.715. The van der Waals surface area contributed by atoms with E-state index in [1.807, 2.05) is 13.8 Å². The molecule has 1 amide bonds. The SMILES string of the molecule is CCC(N)(CC)CNC(=O)CCOC1CCOCC1.Cl. The molecule has 1 saturated heterocycles. The summed E-state index contributed by atoms with van der Waals surface area (Å²) in [4.78, 5) is 11.7. The van der Waals surface area contributed by atoms with Crippen LogP contribution in [0, 0.1) is 0 Å². The summed E-state index contributed by atoms with van der Waals surface area (Å²) in [7, 11) is 0. The van der Waals surface area contributed by atoms with Crippen LogP contribution in [0.4, 0.5) is 0 Å². The molecule has 20 heavy (non-hydrogen) atoms. The van der Waals surface area contributed by atoms with E-state index in [0.717, 1.165) is 38.9 Å². The molecule has 0 radical (unpaired) electrons. The molecule has 0 aromatic heterocycles. The van der Waals surface area contributed by atoms with Crippen molar-refractivity contribution in [1.29, 1.82) is 0 Å². The Balaban J connectivity index is 0.00000361. The number of hydrogen-bond donors (Lipinski definition) is 2. The lowest BCUT2D eigenvalue weighted by Gasteiger charge is -2.27. The van der Waals surface area contributed by atoms with Crippen molar-refractivity contribution in [3.05, 3.63) is 0 Å². The van der Waals surface area contributed by atoms with Crippen molar-refractivity contribution in [2.24, 2.45) is 5.73 Å². The Kier molecular flexibility index (Phi) is 10.2. The second kappa shape index (κ2) is 10.4. The third-order valence-corrected chi connectivity index (χ3v) is 3.90. The fourth-order valence-corrected chi connectivity index (χ4v) is 2.02. The van der Waals surface area contributed by atoms with E-state index in [-0.39, 0.29) is 30.0 Å². The van der Waals surface area contributed by atoms with Crippen molar-refractivity contribution in [1.82, 2.24) is 5.32 Å². The second-order valence-corrected chi connectivity index (χ2v) is 5.28. The number of ether oxygens (including phenoxy) is 2. The van der Waals surface area contributed by atoms with Crippen molar-refractivity contribution in [3.8, 4) is 0 Å². The van der Waals surface area contributed by atoms with E-state index >= 15 is 0 Å². The topological polar surface area (TPSA) is 73.6 Å². The molecule has 0 atom stereocenters. The number of hydrogen-bond acceptors (Lipinski definition) is 4. The molecule has 5 nitrogen and oxygen atoms in total. The minimum Gasteiger partial charge on any atom is -0.381 e. The molecule has 0 aliphatic carbocycles. The zero-order valence-corrected chi connectivity index (χ0v) is 13.5. The summed E-state index contributed by atoms with van der Waals surface area (Å²) >= 11 is 0. The molecular weight excluding hydrogens is 280 g/mol. The number of nitrogens with two attached hydrogens (primary N) is 1. The highest BCUT2D eigenvalue weighted by molar-refractivity contribution is 5.85. The van der Waals surface area contributed by atoms with E-state index in [1.165, 1.54) is 0 Å². The molecule has 1 rings (SSSR count). The maximum Gasteiger partial charge on any atom is 0.222 e. The Morgan fingerprint density at radius 1 is 1.35 bits per heavy atom. The summed E-state index contributed by atoms with van der Waals surface area (Å²) in [5.74, 6) is 0.0174. The second-order valence-electron chi connectivity index (χ2n) is 5.28. The molecule has 3 N–H and O–H groups in total. The van der Waals surface area contributed by atoms with E-state index in [4.69, 9.17) is 15.2 Å². The van der Waals surface area contributed by atoms with Gasteiger partial charge in [0.25, 0.3) is 0 Å². The van der Waals surface area contributed by atoms with Gasteiger partial charge in [0.2, 0.25) is 5.91 Å². The van der Waals surface area contributed by atoms with Crippen LogP contribution >= 0.6 is 12.4 Å². The fraction of sp³-hybridized carbons (Fsp3) is 0.929. The standard InChI is InChI=1S/C14H28N2O3.ClH/c1-3-14(15,4-2)11-16-13(17)7-10-19-12-5-8-18-9-6-12;/h12H,3-11,15H2,1-2H3,(H,16,17);1H. The van der Waals surface area contributed by atoms with Crippen LogP contribution in [0.2, 0.25) is 0 Å². The molecule has 1 fully saturated rings. The van der Waals surface area contributed by atoms with E-state index in [9.17, 15) is 4.79 Å². The summed E-state index contributed by atoms with van der Waals surface area (Å²) < 4.78 is 10.9. The van der Waals surface area contributed by atoms with Crippen LogP contribution in [-0.4, -0.2) is 43.9 Å². The van der Waals surface area contributed by atoms with E-state index in [0.29, 0.717) is 19.6 Å². The highest BCUT2D eigenvalue weighted by Gasteiger charge is 2.21. The molecule has 1 aliphatic rings. The van der Waals surface area contributed by atoms with Crippen molar-refractivity contribution >= 4 is 18.3 Å². The lowest BCUT2D eigenvalue weighted by Crippen LogP contribution is -2.49. The summed E-state index contributed by atoms with van der Waals surface area (Å²) in [5, 5.41) is 2.89. The number of amides is 1. The Bertz CT molecular complexity index is 267. The minimum atomic E-state index is -0.281. The van der Waals surface area contributed by atoms with Gasteiger partial charge in [-0.25, -0.2) is 0 Å². The van der Waals surface area contributed by atoms with Crippen LogP contribution in [0.3, 0.4) is 0 Å². The molecule has 0 saturated carbocycles. The first-order valence-corrected chi connectivity index (χ1v) is 7.34. The van der Waals surface area contributed by atoms with Crippen molar-refractivity contribution in [2.75, 3.05) is 26.4 Å². The normalized spacial score (nSPS) is 16.6. The molecule has 0 aromatic carbocycles. The first-order valence-electron chi connectivity index (χ1n) is 7.34. The van der Waals surface area contributed by atoms with Crippen molar-refractivity contribution in [2.45, 2.75) is 57.6 Å². The largest absolute Gasteiger partial charge is 0.381 e. The highest BCUT2D eigenvalue weighted by Crippen LogP contribution is 2.11. The van der Waals surface area contributed by atoms with E-state index in [2.05, 4.69) is 5.32 Å². The summed E-state index contributed by atoms with van der Waals surface area (Å²) in [6.45, 7) is 6.63. The molecule has 6 heteroatoms. The Hall–Kier alpha value is -0.360. The predicted octanol–water partition coefficient (Wildman–Crippen LogP) is 1.63. The van der Waals surface area contributed by atoms with Crippen LogP contribution in [0.5, 0.6) is 0 Å². The third-order valence-electron chi connectivity index (χ3n) is 3.90. The summed E-state index contributed by atoms with van der Waals surface area (Å²) in [5.41, 5.74) is 5.85. The summed E-state index contributed by atoms with van der Waals surface area (Å²) in [6, 6.07) is 0. The number of rotatable bonds is 8. The van der Waals surface area contributed by atoms with E-state index < -0.39 is 0 Å². The number of carbonyl (C=O) groups is 1. The van der Waals surface area contributed by atoms with Crippen LogP contribution in [0.25, 0.3) is 0 Å². The van der Waals surface area contributed by atoms with Crippen LogP contribution in [-0.2, 0) is 14.3 Å². The lowest BCUT2D eigenvalue weighted by molar-refractivity contribution is -0.123. The molecule has 0 aromatic rings. The molecular formula is C14H29ClN2O3. The molecule has 1 heterocycles. The van der Waals surface area contributed by atoms with Gasteiger partial charge in [-0.2, -0.15) is 0 Å². The highest BCUT2D eigenvalue weighted by atomic mass is 35.5. The van der Waals surface area contributed by atoms with Crippen molar-refractivity contribution in [3.63, 3.8) is 0 Å². The zero-order valence-electron chi connectivity index (χ0n) is 12.7. The van der Waals surface area contributed by atoms with Gasteiger partial charge in [0, 0.05) is 31.7 Å². The zero-order chi connectivity index (χ0) is 14.1. The van der Waals surface area contributed by atoms with Gasteiger partial charge in [-0.3, -0.25) is 4.79 Å². The Morgan fingerprint density at radius 3 is 2.50 bits per heavy atom. The number of halogens is 1. The fourth-order valence-electron chi connectivity index (χ4n) is 2.02. The van der Waals surface area contributed by atoms with Crippen LogP contribution in [0.1, 0.15) is 46.0 Å². The summed E-state index contributed by atoms with van der Waals surface area (Å²) in [6.07, 6.45) is 4.24. The van der Waals surface area contributed by atoms with Gasteiger partial charge in [0.1, 0.15) is 0 Å². The van der Waals surface area contributed by atoms with Gasteiger partial charge in [-0.1, -0.05) is 13.8 Å². The maximum absolute atomic E-state index is 11.7. The average molecular weight is 309 g/mol. The van der Waals surface area contributed by atoms with Gasteiger partial charge in [0.15, 0.2) is 0 Å². The van der Waals surface area contributed by atoms with Crippen LogP contribution < -0.4 is 11.1 Å². The van der Waals surface area contributed by atoms with Gasteiger partial charge in [0.05, 0.1) is 12.7 Å². The molecule has 1 aliphatic heterocycles. The first kappa shape index (κ1) is 19.6. The van der Waals surface area contributed by atoms with Gasteiger partial charge in [-0.05, 0) is 25.7 Å². The molecule has 0 spiro atoms. The number of nitrogens with one attached hydrogen (secondary N) is 1. The number of carbonyl (C=O) groups excluding carboxylic acids is 1. The van der Waals surface area contributed by atoms with E-state index in [1.54, 1.807) is 0 Å². The third kappa shape index (κ3) is 7.43. The Morgan fingerprint density at radius 2 is 1.95 bits per heavy atom. The van der Waals surface area contributed by atoms with Crippen molar-refractivity contribution < 1.29 is 14.3 Å². The molecule has 0 bridgehead atoms. The molecule has 0 unspecified atom stereocenters. The maximum atomic E-state index is 11.7. The first-order chi connectivity index (χ1) is 9.09. The lowest BCUT2D eigenvalue weighted by atomic mass is 9.94. The monoisotopic (exact) mass is 308 g/mol.